The van der Waals surface area contributed by atoms with E-state index in [0.717, 1.165) is 25.7 Å². The summed E-state index contributed by atoms with van der Waals surface area (Å²) in [6.07, 6.45) is 7.85. The Bertz CT molecular complexity index is 237. The van der Waals surface area contributed by atoms with E-state index in [4.69, 9.17) is 4.74 Å². The van der Waals surface area contributed by atoms with Crippen molar-refractivity contribution >= 4 is 5.97 Å². The van der Waals surface area contributed by atoms with Crippen LogP contribution in [-0.4, -0.2) is 12.1 Å². The molecule has 1 aliphatic carbocycles. The lowest BCUT2D eigenvalue weighted by Gasteiger charge is -2.33. The minimum atomic E-state index is -0.210. The minimum Gasteiger partial charge on any atom is -0.462 e. The van der Waals surface area contributed by atoms with E-state index in [2.05, 4.69) is 20.8 Å². The largest absolute Gasteiger partial charge is 0.462 e. The summed E-state index contributed by atoms with van der Waals surface area (Å²) in [5, 5.41) is 0. The lowest BCUT2D eigenvalue weighted by atomic mass is 9.76. The summed E-state index contributed by atoms with van der Waals surface area (Å²) in [6.45, 7) is 8.46. The first-order valence-electron chi connectivity index (χ1n) is 7.24. The van der Waals surface area contributed by atoms with Crippen molar-refractivity contribution in [1.82, 2.24) is 0 Å². The molecule has 0 radical (unpaired) electrons. The molecule has 0 aromatic carbocycles. The molecule has 0 saturated heterocycles. The summed E-state index contributed by atoms with van der Waals surface area (Å²) in [7, 11) is 0. The van der Waals surface area contributed by atoms with Crippen LogP contribution >= 0.6 is 0 Å². The van der Waals surface area contributed by atoms with Gasteiger partial charge in [-0.1, -0.05) is 33.1 Å². The molecule has 0 aromatic rings. The Morgan fingerprint density at radius 3 is 2.18 bits per heavy atom. The van der Waals surface area contributed by atoms with E-state index in [9.17, 15) is 4.79 Å². The Morgan fingerprint density at radius 1 is 1.18 bits per heavy atom. The van der Waals surface area contributed by atoms with E-state index < -0.39 is 0 Å². The zero-order valence-electron chi connectivity index (χ0n) is 11.9. The van der Waals surface area contributed by atoms with E-state index in [0.29, 0.717) is 5.92 Å². The Morgan fingerprint density at radius 2 is 1.71 bits per heavy atom. The molecule has 17 heavy (non-hydrogen) atoms. The zero-order valence-corrected chi connectivity index (χ0v) is 11.9. The molecule has 1 aliphatic rings. The highest BCUT2D eigenvalue weighted by atomic mass is 16.5. The molecule has 2 nitrogen and oxygen atoms in total. The van der Waals surface area contributed by atoms with E-state index in [1.165, 1.54) is 19.3 Å². The Balaban J connectivity index is 2.52. The van der Waals surface area contributed by atoms with Crippen molar-refractivity contribution < 1.29 is 9.53 Å². The zero-order chi connectivity index (χ0) is 12.9. The van der Waals surface area contributed by atoms with Crippen LogP contribution in [0.15, 0.2) is 0 Å². The van der Waals surface area contributed by atoms with Crippen molar-refractivity contribution in [2.24, 2.45) is 11.3 Å². The van der Waals surface area contributed by atoms with Crippen LogP contribution in [0.5, 0.6) is 0 Å². The van der Waals surface area contributed by atoms with Crippen molar-refractivity contribution in [3.05, 3.63) is 0 Å². The van der Waals surface area contributed by atoms with Crippen molar-refractivity contribution in [3.63, 3.8) is 0 Å². The van der Waals surface area contributed by atoms with Gasteiger partial charge in [-0.25, -0.2) is 0 Å². The maximum atomic E-state index is 12.2. The van der Waals surface area contributed by atoms with E-state index in [1.807, 2.05) is 6.92 Å². The quantitative estimate of drug-likeness (QED) is 0.669. The molecular formula is C15H28O2. The third-order valence-electron chi connectivity index (χ3n) is 4.46. The molecule has 0 aromatic heterocycles. The number of esters is 1. The molecule has 0 amide bonds. The summed E-state index contributed by atoms with van der Waals surface area (Å²) in [6, 6.07) is 0. The lowest BCUT2D eigenvalue weighted by molar-refractivity contribution is -0.164. The van der Waals surface area contributed by atoms with Gasteiger partial charge in [0.05, 0.1) is 5.41 Å². The summed E-state index contributed by atoms with van der Waals surface area (Å²) in [4.78, 5) is 12.2. The van der Waals surface area contributed by atoms with Crippen LogP contribution in [0.3, 0.4) is 0 Å². The molecule has 0 heterocycles. The highest BCUT2D eigenvalue weighted by Crippen LogP contribution is 2.37. The van der Waals surface area contributed by atoms with Gasteiger partial charge in [-0.15, -0.1) is 0 Å². The molecule has 0 N–H and O–H groups in total. The van der Waals surface area contributed by atoms with E-state index in [1.54, 1.807) is 0 Å². The fraction of sp³-hybridized carbons (Fsp3) is 0.933. The van der Waals surface area contributed by atoms with Gasteiger partial charge in [0.15, 0.2) is 0 Å². The third kappa shape index (κ3) is 3.72. The highest BCUT2D eigenvalue weighted by Gasteiger charge is 2.37. The van der Waals surface area contributed by atoms with Gasteiger partial charge in [-0.05, 0) is 45.4 Å². The summed E-state index contributed by atoms with van der Waals surface area (Å²) < 4.78 is 5.70. The monoisotopic (exact) mass is 240 g/mol. The SMILES string of the molecule is CCC(CC)C(C)OC(=O)C1(C)CCCCC1. The van der Waals surface area contributed by atoms with Crippen molar-refractivity contribution in [2.45, 2.75) is 78.7 Å². The van der Waals surface area contributed by atoms with Crippen LogP contribution in [0.2, 0.25) is 0 Å². The second-order valence-electron chi connectivity index (χ2n) is 5.81. The maximum Gasteiger partial charge on any atom is 0.312 e. The molecule has 1 atom stereocenters. The predicted octanol–water partition coefficient (Wildman–Crippen LogP) is 4.32. The van der Waals surface area contributed by atoms with E-state index >= 15 is 0 Å². The van der Waals surface area contributed by atoms with Crippen LogP contribution in [0, 0.1) is 11.3 Å². The number of carbonyl (C=O) groups excluding carboxylic acids is 1. The fourth-order valence-electron chi connectivity index (χ4n) is 2.90. The van der Waals surface area contributed by atoms with Crippen LogP contribution in [-0.2, 0) is 9.53 Å². The van der Waals surface area contributed by atoms with Gasteiger partial charge in [0.25, 0.3) is 0 Å². The smallest absolute Gasteiger partial charge is 0.312 e. The normalized spacial score (nSPS) is 21.2. The van der Waals surface area contributed by atoms with Crippen molar-refractivity contribution in [2.75, 3.05) is 0 Å². The van der Waals surface area contributed by atoms with Gasteiger partial charge >= 0.3 is 5.97 Å². The van der Waals surface area contributed by atoms with Crippen LogP contribution < -0.4 is 0 Å². The Hall–Kier alpha value is -0.530. The molecule has 0 aliphatic heterocycles. The Kier molecular flexibility index (Phi) is 5.48. The standard InChI is InChI=1S/C15H28O2/c1-5-13(6-2)12(3)17-14(16)15(4)10-8-7-9-11-15/h12-13H,5-11H2,1-4H3. The average molecular weight is 240 g/mol. The molecule has 0 bridgehead atoms. The van der Waals surface area contributed by atoms with Crippen LogP contribution in [0.4, 0.5) is 0 Å². The molecule has 1 rings (SSSR count). The predicted molar refractivity (Wildman–Crippen MR) is 70.8 cm³/mol. The van der Waals surface area contributed by atoms with Crippen LogP contribution in [0.25, 0.3) is 0 Å². The first-order chi connectivity index (χ1) is 8.03. The van der Waals surface area contributed by atoms with E-state index in [-0.39, 0.29) is 17.5 Å². The second kappa shape index (κ2) is 6.42. The molecule has 100 valence electrons. The van der Waals surface area contributed by atoms with Gasteiger partial charge in [0.2, 0.25) is 0 Å². The topological polar surface area (TPSA) is 26.3 Å². The minimum absolute atomic E-state index is 0.0385. The van der Waals surface area contributed by atoms with Gasteiger partial charge in [-0.2, -0.15) is 0 Å². The van der Waals surface area contributed by atoms with Gasteiger partial charge < -0.3 is 4.74 Å². The van der Waals surface area contributed by atoms with Gasteiger partial charge in [-0.3, -0.25) is 4.79 Å². The fourth-order valence-corrected chi connectivity index (χ4v) is 2.90. The first kappa shape index (κ1) is 14.5. The third-order valence-corrected chi connectivity index (χ3v) is 4.46. The number of hydrogen-bond acceptors (Lipinski definition) is 2. The molecule has 0 spiro atoms. The van der Waals surface area contributed by atoms with Gasteiger partial charge in [0.1, 0.15) is 6.10 Å². The molecule has 2 heteroatoms. The maximum absolute atomic E-state index is 12.2. The highest BCUT2D eigenvalue weighted by molar-refractivity contribution is 5.76. The van der Waals surface area contributed by atoms with Gasteiger partial charge in [0, 0.05) is 0 Å². The summed E-state index contributed by atoms with van der Waals surface area (Å²) in [5.41, 5.74) is -0.210. The lowest BCUT2D eigenvalue weighted by Crippen LogP contribution is -2.36. The van der Waals surface area contributed by atoms with Crippen LogP contribution in [0.1, 0.15) is 72.6 Å². The number of rotatable bonds is 5. The molecule has 1 unspecified atom stereocenters. The first-order valence-corrected chi connectivity index (χ1v) is 7.24. The van der Waals surface area contributed by atoms with Crippen molar-refractivity contribution in [1.29, 1.82) is 0 Å². The molecule has 1 fully saturated rings. The average Bonchev–Trinajstić information content (AvgIpc) is 2.31. The number of hydrogen-bond donors (Lipinski definition) is 0. The Labute approximate surface area is 106 Å². The number of ether oxygens (including phenoxy) is 1. The molecule has 1 saturated carbocycles. The molecular weight excluding hydrogens is 212 g/mol. The number of carbonyl (C=O) groups is 1. The van der Waals surface area contributed by atoms with Crippen molar-refractivity contribution in [3.8, 4) is 0 Å². The summed E-state index contributed by atoms with van der Waals surface area (Å²) >= 11 is 0. The summed E-state index contributed by atoms with van der Waals surface area (Å²) in [5.74, 6) is 0.544. The second-order valence-corrected chi connectivity index (χ2v) is 5.81.